The van der Waals surface area contributed by atoms with E-state index < -0.39 is 0 Å². The minimum absolute atomic E-state index is 0.0734. The zero-order chi connectivity index (χ0) is 24.1. The number of amides is 2. The maximum atomic E-state index is 13.3. The average Bonchev–Trinajstić information content (AvgIpc) is 2.97. The number of imide groups is 1. The Morgan fingerprint density at radius 1 is 0.788 bits per heavy atom. The minimum atomic E-state index is -0.314. The summed E-state index contributed by atoms with van der Waals surface area (Å²) in [6.07, 6.45) is 0.0734. The molecule has 2 aromatic carbocycles. The van der Waals surface area contributed by atoms with Gasteiger partial charge in [0.15, 0.2) is 0 Å². The fraction of sp³-hybridized carbons (Fsp3) is 0.407. The molecule has 1 aliphatic rings. The van der Waals surface area contributed by atoms with Crippen LogP contribution in [0, 0.1) is 11.8 Å². The highest BCUT2D eigenvalue weighted by atomic mass is 16.5. The number of hydrogen-bond donors (Lipinski definition) is 1. The maximum Gasteiger partial charge on any atom is 0.278 e. The summed E-state index contributed by atoms with van der Waals surface area (Å²) in [5.41, 5.74) is 2.05. The lowest BCUT2D eigenvalue weighted by Crippen LogP contribution is -2.35. The lowest BCUT2D eigenvalue weighted by molar-refractivity contribution is -0.137. The summed E-state index contributed by atoms with van der Waals surface area (Å²) in [5, 5.41) is 3.19. The first-order valence-corrected chi connectivity index (χ1v) is 11.5. The quantitative estimate of drug-likeness (QED) is 0.494. The topological polar surface area (TPSA) is 67.9 Å². The van der Waals surface area contributed by atoms with Crippen molar-refractivity contribution in [3.05, 3.63) is 59.8 Å². The fourth-order valence-corrected chi connectivity index (χ4v) is 3.50. The third-order valence-corrected chi connectivity index (χ3v) is 4.94. The van der Waals surface area contributed by atoms with Gasteiger partial charge in [0.2, 0.25) is 0 Å². The molecule has 0 spiro atoms. The van der Waals surface area contributed by atoms with E-state index in [0.29, 0.717) is 35.9 Å². The highest BCUT2D eigenvalue weighted by Gasteiger charge is 2.39. The van der Waals surface area contributed by atoms with E-state index in [4.69, 9.17) is 9.47 Å². The van der Waals surface area contributed by atoms with Gasteiger partial charge in [0.25, 0.3) is 11.8 Å². The average molecular weight is 451 g/mol. The first kappa shape index (κ1) is 24.4. The van der Waals surface area contributed by atoms with Gasteiger partial charge in [-0.1, -0.05) is 39.8 Å². The number of benzene rings is 2. The number of ether oxygens (including phenoxy) is 2. The SMILES string of the molecule is CC(C)COc1ccc(C2=C(Nc3ccc(OC(C)C)cc3)C(=O)N(CC(C)C)C2=O)cc1. The molecule has 2 amide bonds. The largest absolute Gasteiger partial charge is 0.493 e. The van der Waals surface area contributed by atoms with E-state index >= 15 is 0 Å². The number of hydrogen-bond acceptors (Lipinski definition) is 5. The lowest BCUT2D eigenvalue weighted by Gasteiger charge is -2.17. The van der Waals surface area contributed by atoms with Crippen molar-refractivity contribution < 1.29 is 19.1 Å². The van der Waals surface area contributed by atoms with E-state index in [2.05, 4.69) is 19.2 Å². The van der Waals surface area contributed by atoms with Crippen molar-refractivity contribution >= 4 is 23.1 Å². The van der Waals surface area contributed by atoms with Crippen molar-refractivity contribution in [3.8, 4) is 11.5 Å². The second-order valence-corrected chi connectivity index (χ2v) is 9.41. The van der Waals surface area contributed by atoms with Crippen LogP contribution in [-0.4, -0.2) is 36.0 Å². The summed E-state index contributed by atoms with van der Waals surface area (Å²) in [5.74, 6) is 1.46. The monoisotopic (exact) mass is 450 g/mol. The van der Waals surface area contributed by atoms with E-state index in [1.165, 1.54) is 4.90 Å². The highest BCUT2D eigenvalue weighted by Crippen LogP contribution is 2.32. The molecule has 0 bridgehead atoms. The maximum absolute atomic E-state index is 13.3. The van der Waals surface area contributed by atoms with Crippen LogP contribution in [0.3, 0.4) is 0 Å². The molecular weight excluding hydrogens is 416 g/mol. The Morgan fingerprint density at radius 2 is 1.39 bits per heavy atom. The van der Waals surface area contributed by atoms with Crippen LogP contribution in [-0.2, 0) is 9.59 Å². The molecule has 0 radical (unpaired) electrons. The van der Waals surface area contributed by atoms with Crippen LogP contribution >= 0.6 is 0 Å². The summed E-state index contributed by atoms with van der Waals surface area (Å²) in [7, 11) is 0. The summed E-state index contributed by atoms with van der Waals surface area (Å²) in [4.78, 5) is 27.8. The molecule has 0 unspecified atom stereocenters. The summed E-state index contributed by atoms with van der Waals surface area (Å²) in [6.45, 7) is 13.1. The van der Waals surface area contributed by atoms with Gasteiger partial charge < -0.3 is 14.8 Å². The third-order valence-electron chi connectivity index (χ3n) is 4.94. The molecule has 3 rings (SSSR count). The zero-order valence-electron chi connectivity index (χ0n) is 20.3. The Bertz CT molecular complexity index is 1010. The molecular formula is C27H34N2O4. The van der Waals surface area contributed by atoms with Crippen molar-refractivity contribution in [3.63, 3.8) is 0 Å². The van der Waals surface area contributed by atoms with Gasteiger partial charge in [0.05, 0.1) is 18.3 Å². The molecule has 176 valence electrons. The molecule has 0 atom stereocenters. The molecule has 0 fully saturated rings. The Morgan fingerprint density at radius 3 is 1.94 bits per heavy atom. The van der Waals surface area contributed by atoms with Crippen LogP contribution in [0.15, 0.2) is 54.2 Å². The van der Waals surface area contributed by atoms with Crippen LogP contribution in [0.1, 0.15) is 47.1 Å². The normalized spacial score (nSPS) is 14.2. The lowest BCUT2D eigenvalue weighted by atomic mass is 10.0. The van der Waals surface area contributed by atoms with Gasteiger partial charge in [-0.05, 0) is 67.6 Å². The Balaban J connectivity index is 1.92. The minimum Gasteiger partial charge on any atom is -0.493 e. The molecule has 6 heteroatoms. The number of nitrogens with zero attached hydrogens (tertiary/aromatic N) is 1. The first-order chi connectivity index (χ1) is 15.7. The van der Waals surface area contributed by atoms with Gasteiger partial charge in [-0.25, -0.2) is 0 Å². The van der Waals surface area contributed by atoms with E-state index in [-0.39, 0.29) is 29.5 Å². The van der Waals surface area contributed by atoms with Crippen LogP contribution in [0.2, 0.25) is 0 Å². The van der Waals surface area contributed by atoms with Crippen molar-refractivity contribution in [1.82, 2.24) is 4.90 Å². The fourth-order valence-electron chi connectivity index (χ4n) is 3.50. The van der Waals surface area contributed by atoms with Crippen LogP contribution < -0.4 is 14.8 Å². The Hall–Kier alpha value is -3.28. The van der Waals surface area contributed by atoms with Crippen LogP contribution in [0.5, 0.6) is 11.5 Å². The summed E-state index contributed by atoms with van der Waals surface area (Å²) >= 11 is 0. The smallest absolute Gasteiger partial charge is 0.278 e. The van der Waals surface area contributed by atoms with Gasteiger partial charge >= 0.3 is 0 Å². The molecule has 2 aromatic rings. The standard InChI is InChI=1S/C27H34N2O4/c1-17(2)15-29-26(30)24(20-7-11-22(12-8-20)32-16-18(3)4)25(27(29)31)28-21-9-13-23(14-10-21)33-19(5)6/h7-14,17-19,28H,15-16H2,1-6H3. The van der Waals surface area contributed by atoms with E-state index in [9.17, 15) is 9.59 Å². The van der Waals surface area contributed by atoms with Crippen LogP contribution in [0.25, 0.3) is 5.57 Å². The van der Waals surface area contributed by atoms with Gasteiger partial charge in [0.1, 0.15) is 17.2 Å². The summed E-state index contributed by atoms with van der Waals surface area (Å²) in [6, 6.07) is 14.7. The van der Waals surface area contributed by atoms with Crippen molar-refractivity contribution in [2.45, 2.75) is 47.6 Å². The first-order valence-electron chi connectivity index (χ1n) is 11.5. The van der Waals surface area contributed by atoms with E-state index in [1.54, 1.807) is 0 Å². The third kappa shape index (κ3) is 6.15. The molecule has 0 aliphatic carbocycles. The molecule has 6 nitrogen and oxygen atoms in total. The molecule has 1 heterocycles. The molecule has 1 aliphatic heterocycles. The Labute approximate surface area is 196 Å². The number of carbonyl (C=O) groups is 2. The van der Waals surface area contributed by atoms with Crippen molar-refractivity contribution in [2.24, 2.45) is 11.8 Å². The molecule has 33 heavy (non-hydrogen) atoms. The highest BCUT2D eigenvalue weighted by molar-refractivity contribution is 6.36. The Kier molecular flexibility index (Phi) is 7.79. The number of rotatable bonds is 10. The predicted molar refractivity (Wildman–Crippen MR) is 131 cm³/mol. The van der Waals surface area contributed by atoms with E-state index in [1.807, 2.05) is 76.2 Å². The van der Waals surface area contributed by atoms with Gasteiger partial charge in [-0.3, -0.25) is 14.5 Å². The van der Waals surface area contributed by atoms with E-state index in [0.717, 1.165) is 11.5 Å². The summed E-state index contributed by atoms with van der Waals surface area (Å²) < 4.78 is 11.5. The number of nitrogens with one attached hydrogen (secondary N) is 1. The zero-order valence-corrected chi connectivity index (χ0v) is 20.3. The van der Waals surface area contributed by atoms with Crippen molar-refractivity contribution in [2.75, 3.05) is 18.5 Å². The van der Waals surface area contributed by atoms with Gasteiger partial charge in [-0.2, -0.15) is 0 Å². The van der Waals surface area contributed by atoms with Crippen LogP contribution in [0.4, 0.5) is 5.69 Å². The number of carbonyl (C=O) groups excluding carboxylic acids is 2. The molecule has 0 aromatic heterocycles. The van der Waals surface area contributed by atoms with Crippen molar-refractivity contribution in [1.29, 1.82) is 0 Å². The van der Waals surface area contributed by atoms with Gasteiger partial charge in [-0.15, -0.1) is 0 Å². The molecule has 1 N–H and O–H groups in total. The molecule has 0 saturated carbocycles. The number of anilines is 1. The van der Waals surface area contributed by atoms with Gasteiger partial charge in [0, 0.05) is 12.2 Å². The second kappa shape index (κ2) is 10.6. The second-order valence-electron chi connectivity index (χ2n) is 9.41. The predicted octanol–water partition coefficient (Wildman–Crippen LogP) is 5.36. The molecule has 0 saturated heterocycles.